The zero-order valence-corrected chi connectivity index (χ0v) is 12.2. The second-order valence-corrected chi connectivity index (χ2v) is 4.65. The van der Waals surface area contributed by atoms with Crippen molar-refractivity contribution in [2.75, 3.05) is 0 Å². The van der Waals surface area contributed by atoms with Gasteiger partial charge >= 0.3 is 48.6 Å². The highest BCUT2D eigenvalue weighted by molar-refractivity contribution is 5.79. The fourth-order valence-corrected chi connectivity index (χ4v) is 1.12. The summed E-state index contributed by atoms with van der Waals surface area (Å²) in [5.74, 6) is -19.7. The van der Waals surface area contributed by atoms with Gasteiger partial charge in [-0.1, -0.05) is 0 Å². The molecular weight excluding hydrogens is 479 g/mol. The van der Waals surface area contributed by atoms with Crippen molar-refractivity contribution < 1.29 is 88.9 Å². The molecule has 0 aliphatic rings. The van der Waals surface area contributed by atoms with Crippen molar-refractivity contribution in [2.24, 2.45) is 0 Å². The predicted octanol–water partition coefficient (Wildman–Crippen LogP) is 5.06. The lowest BCUT2D eigenvalue weighted by Crippen LogP contribution is -2.63. The second-order valence-electron chi connectivity index (χ2n) is 4.65. The Labute approximate surface area is 145 Å². The van der Waals surface area contributed by atoms with E-state index in [0.29, 0.717) is 0 Å². The van der Waals surface area contributed by atoms with Crippen LogP contribution in [0.2, 0.25) is 0 Å². The van der Waals surface area contributed by atoms with Crippen molar-refractivity contribution in [1.82, 2.24) is 0 Å². The van der Waals surface area contributed by atoms with Crippen LogP contribution in [0, 0.1) is 0 Å². The molecule has 1 unspecified atom stereocenters. The summed E-state index contributed by atoms with van der Waals surface area (Å²) in [6.07, 6.45) is -42.0. The Morgan fingerprint density at radius 1 is 0.586 bits per heavy atom. The number of hydrogen-bond donors (Lipinski definition) is 0. The summed E-state index contributed by atoms with van der Waals surface area (Å²) in [6, 6.07) is 0. The summed E-state index contributed by atoms with van der Waals surface area (Å²) in [7, 11) is 0. The molecule has 20 heteroatoms. The van der Waals surface area contributed by atoms with Crippen LogP contribution in [0.3, 0.4) is 0 Å². The van der Waals surface area contributed by atoms with Crippen LogP contribution in [-0.2, 0) is 14.3 Å². The summed E-state index contributed by atoms with van der Waals surface area (Å²) in [6.45, 7) is 0. The summed E-state index contributed by atoms with van der Waals surface area (Å²) in [4.78, 5) is 10.8. The van der Waals surface area contributed by atoms with Crippen LogP contribution in [0.1, 0.15) is 0 Å². The molecule has 0 fully saturated rings. The van der Waals surface area contributed by atoms with Gasteiger partial charge in [-0.15, -0.1) is 0 Å². The fraction of sp³-hybridized carbons (Fsp3) is 0.889. The molecule has 0 aromatic heterocycles. The molecule has 0 amide bonds. The fourth-order valence-electron chi connectivity index (χ4n) is 1.12. The first-order valence-electron chi connectivity index (χ1n) is 5.84. The van der Waals surface area contributed by atoms with Crippen LogP contribution >= 0.6 is 0 Å². The number of hydrogen-bond acceptors (Lipinski definition) is 3. The van der Waals surface area contributed by atoms with E-state index in [1.165, 1.54) is 4.74 Å². The van der Waals surface area contributed by atoms with Gasteiger partial charge in [0.2, 0.25) is 0 Å². The maximum atomic E-state index is 13.5. The molecule has 3 nitrogen and oxygen atoms in total. The van der Waals surface area contributed by atoms with Crippen LogP contribution in [0.4, 0.5) is 74.6 Å². The third-order valence-corrected chi connectivity index (χ3v) is 2.44. The number of carbonyl (C=O) groups is 1. The Bertz CT molecular complexity index is 581. The number of alkyl halides is 17. The molecule has 0 heterocycles. The van der Waals surface area contributed by atoms with Crippen molar-refractivity contribution in [3.8, 4) is 0 Å². The zero-order chi connectivity index (χ0) is 24.1. The number of esters is 1. The monoisotopic (exact) mass is 480 g/mol. The highest BCUT2D eigenvalue weighted by atomic mass is 19.4. The Morgan fingerprint density at radius 3 is 1.17 bits per heavy atom. The second kappa shape index (κ2) is 7.18. The molecule has 1 atom stereocenters. The minimum Gasteiger partial charge on any atom is -0.438 e. The van der Waals surface area contributed by atoms with Gasteiger partial charge in [0, 0.05) is 0 Å². The molecule has 174 valence electrons. The third kappa shape index (κ3) is 5.44. The standard InChI is InChI=1S/C9HF17O3/c10-3(7(19,20)21,29-9(25,26)6(17,18)8(22,23)24)2(27)28-1(4(11,12)13)5(14,15)16/h1H. The average Bonchev–Trinajstić information content (AvgIpc) is 2.38. The lowest BCUT2D eigenvalue weighted by molar-refractivity contribution is -0.476. The first-order chi connectivity index (χ1) is 12.2. The van der Waals surface area contributed by atoms with Crippen molar-refractivity contribution in [2.45, 2.75) is 48.7 Å². The Hall–Kier alpha value is -1.76. The van der Waals surface area contributed by atoms with E-state index in [-0.39, 0.29) is 0 Å². The quantitative estimate of drug-likeness (QED) is 0.408. The van der Waals surface area contributed by atoms with Gasteiger partial charge < -0.3 is 4.74 Å². The summed E-state index contributed by atoms with van der Waals surface area (Å²) in [5, 5.41) is 0. The molecular formula is C9HF17O3. The molecule has 0 aromatic carbocycles. The van der Waals surface area contributed by atoms with Crippen molar-refractivity contribution >= 4 is 5.97 Å². The molecule has 0 spiro atoms. The van der Waals surface area contributed by atoms with Gasteiger partial charge in [0.25, 0.3) is 6.10 Å². The van der Waals surface area contributed by atoms with Crippen molar-refractivity contribution in [1.29, 1.82) is 0 Å². The lowest BCUT2D eigenvalue weighted by atomic mass is 10.2. The summed E-state index contributed by atoms with van der Waals surface area (Å²) >= 11 is 0. The van der Waals surface area contributed by atoms with E-state index >= 15 is 0 Å². The highest BCUT2D eigenvalue weighted by Crippen LogP contribution is 2.51. The molecule has 0 rings (SSSR count). The van der Waals surface area contributed by atoms with Gasteiger partial charge in [-0.05, 0) is 0 Å². The molecule has 0 N–H and O–H groups in total. The number of halogens is 17. The molecule has 29 heavy (non-hydrogen) atoms. The SMILES string of the molecule is O=C(OC(C(F)(F)F)C(F)(F)F)C(F)(OC(F)(F)C(F)(F)C(F)(F)F)C(F)(F)F. The first-order valence-corrected chi connectivity index (χ1v) is 5.84. The molecule has 0 aromatic rings. The molecule has 0 aliphatic carbocycles. The van der Waals surface area contributed by atoms with Crippen molar-refractivity contribution in [3.63, 3.8) is 0 Å². The van der Waals surface area contributed by atoms with Gasteiger partial charge in [-0.25, -0.2) is 4.79 Å². The average molecular weight is 480 g/mol. The molecule has 0 aliphatic heterocycles. The molecule has 0 bridgehead atoms. The summed E-state index contributed by atoms with van der Waals surface area (Å²) in [5.41, 5.74) is 0. The minimum absolute atomic E-state index is 1.46. The largest absolute Gasteiger partial charge is 0.462 e. The topological polar surface area (TPSA) is 35.5 Å². The van der Waals surface area contributed by atoms with Crippen LogP contribution in [0.5, 0.6) is 0 Å². The van der Waals surface area contributed by atoms with E-state index in [1.54, 1.807) is 0 Å². The van der Waals surface area contributed by atoms with Crippen LogP contribution in [-0.4, -0.2) is 54.7 Å². The van der Waals surface area contributed by atoms with E-state index in [4.69, 9.17) is 0 Å². The Morgan fingerprint density at radius 2 is 0.931 bits per heavy atom. The minimum atomic E-state index is -7.70. The van der Waals surface area contributed by atoms with E-state index in [9.17, 15) is 79.4 Å². The van der Waals surface area contributed by atoms with Crippen LogP contribution < -0.4 is 0 Å². The van der Waals surface area contributed by atoms with E-state index in [2.05, 4.69) is 0 Å². The Balaban J connectivity index is 6.26. The van der Waals surface area contributed by atoms with E-state index < -0.39 is 54.7 Å². The number of ether oxygens (including phenoxy) is 2. The van der Waals surface area contributed by atoms with Crippen LogP contribution in [0.25, 0.3) is 0 Å². The van der Waals surface area contributed by atoms with Gasteiger partial charge in [0.15, 0.2) is 0 Å². The Kier molecular flexibility index (Phi) is 6.75. The van der Waals surface area contributed by atoms with Gasteiger partial charge in [-0.2, -0.15) is 74.6 Å². The number of carbonyl (C=O) groups excluding carboxylic acids is 1. The molecule has 0 saturated heterocycles. The van der Waals surface area contributed by atoms with Gasteiger partial charge in [0.05, 0.1) is 0 Å². The normalized spacial score (nSPS) is 17.3. The zero-order valence-electron chi connectivity index (χ0n) is 12.2. The lowest BCUT2D eigenvalue weighted by Gasteiger charge is -2.34. The molecule has 0 radical (unpaired) electrons. The van der Waals surface area contributed by atoms with E-state index in [1.807, 2.05) is 4.74 Å². The molecule has 0 saturated carbocycles. The van der Waals surface area contributed by atoms with Crippen LogP contribution in [0.15, 0.2) is 0 Å². The van der Waals surface area contributed by atoms with Gasteiger partial charge in [0.1, 0.15) is 0 Å². The van der Waals surface area contributed by atoms with Gasteiger partial charge in [-0.3, -0.25) is 4.74 Å². The summed E-state index contributed by atoms with van der Waals surface area (Å²) < 4.78 is 213. The maximum absolute atomic E-state index is 13.5. The third-order valence-electron chi connectivity index (χ3n) is 2.44. The smallest absolute Gasteiger partial charge is 0.438 e. The number of rotatable bonds is 5. The first kappa shape index (κ1) is 27.2. The highest BCUT2D eigenvalue weighted by Gasteiger charge is 2.80. The van der Waals surface area contributed by atoms with E-state index in [0.717, 1.165) is 0 Å². The predicted molar refractivity (Wildman–Crippen MR) is 48.9 cm³/mol. The van der Waals surface area contributed by atoms with Crippen molar-refractivity contribution in [3.05, 3.63) is 0 Å². The maximum Gasteiger partial charge on any atom is 0.462 e.